The fraction of sp³-hybridized carbons (Fsp3) is 0.263. The molecule has 130 valence electrons. The van der Waals surface area contributed by atoms with Gasteiger partial charge in [-0.15, -0.1) is 22.7 Å². The molecule has 0 saturated heterocycles. The molecular weight excluding hydrogens is 350 g/mol. The normalized spacial score (nSPS) is 13.4. The molecule has 0 bridgehead atoms. The van der Waals surface area contributed by atoms with Crippen LogP contribution in [0.2, 0.25) is 0 Å². The highest BCUT2D eigenvalue weighted by atomic mass is 32.1. The predicted molar refractivity (Wildman–Crippen MR) is 105 cm³/mol. The molecule has 2 heterocycles. The highest BCUT2D eigenvalue weighted by molar-refractivity contribution is 7.16. The number of thiophene rings is 1. The maximum absolute atomic E-state index is 12.4. The summed E-state index contributed by atoms with van der Waals surface area (Å²) in [7, 11) is 0. The van der Waals surface area contributed by atoms with Gasteiger partial charge in [0.15, 0.2) is 0 Å². The first kappa shape index (κ1) is 17.8. The minimum Gasteiger partial charge on any atom is -0.354 e. The lowest BCUT2D eigenvalue weighted by molar-refractivity contribution is -0.126. The second-order valence-electron chi connectivity index (χ2n) is 6.09. The number of benzene rings is 1. The number of carbonyl (C=O) groups is 1. The van der Waals surface area contributed by atoms with Crippen LogP contribution in [0.5, 0.6) is 0 Å². The van der Waals surface area contributed by atoms with Crippen molar-refractivity contribution < 1.29 is 4.79 Å². The molecule has 3 rings (SSSR count). The number of aromatic nitrogens is 1. The summed E-state index contributed by atoms with van der Waals surface area (Å²) in [6, 6.07) is 13.6. The van der Waals surface area contributed by atoms with Crippen molar-refractivity contribution in [1.82, 2.24) is 10.3 Å². The number of nitrogens with zero attached hydrogens (tertiary/aromatic N) is 1. The fourth-order valence-corrected chi connectivity index (χ4v) is 4.18. The molecule has 6 heteroatoms. The van der Waals surface area contributed by atoms with Crippen molar-refractivity contribution in [3.8, 4) is 10.6 Å². The first-order valence-corrected chi connectivity index (χ1v) is 9.80. The fourth-order valence-electron chi connectivity index (χ4n) is 2.52. The minimum absolute atomic E-state index is 0.161. The summed E-state index contributed by atoms with van der Waals surface area (Å²) in [5, 5.41) is 6.10. The third kappa shape index (κ3) is 4.15. The molecule has 0 aliphatic rings. The second-order valence-corrected chi connectivity index (χ2v) is 8.32. The van der Waals surface area contributed by atoms with Crippen LogP contribution in [0, 0.1) is 6.92 Å². The first-order valence-electron chi connectivity index (χ1n) is 8.11. The summed E-state index contributed by atoms with van der Waals surface area (Å²) in [6.45, 7) is 4.31. The SMILES string of the molecule is Cc1nc(-c2ccc(CCNC(=O)C(C)(N)c3ccccc3)s2)cs1. The highest BCUT2D eigenvalue weighted by Gasteiger charge is 2.29. The molecule has 25 heavy (non-hydrogen) atoms. The zero-order valence-electron chi connectivity index (χ0n) is 14.3. The summed E-state index contributed by atoms with van der Waals surface area (Å²) in [5.74, 6) is -0.161. The number of nitrogens with one attached hydrogen (secondary N) is 1. The van der Waals surface area contributed by atoms with E-state index in [1.807, 2.05) is 37.3 Å². The molecule has 0 radical (unpaired) electrons. The summed E-state index contributed by atoms with van der Waals surface area (Å²) in [6.07, 6.45) is 0.782. The smallest absolute Gasteiger partial charge is 0.244 e. The summed E-state index contributed by atoms with van der Waals surface area (Å²) in [5.41, 5.74) is 7.04. The largest absolute Gasteiger partial charge is 0.354 e. The van der Waals surface area contributed by atoms with Crippen molar-refractivity contribution in [3.63, 3.8) is 0 Å². The zero-order valence-corrected chi connectivity index (χ0v) is 15.9. The Kier molecular flexibility index (Phi) is 5.32. The molecule has 1 unspecified atom stereocenters. The molecule has 3 N–H and O–H groups in total. The lowest BCUT2D eigenvalue weighted by Gasteiger charge is -2.24. The van der Waals surface area contributed by atoms with E-state index in [1.165, 1.54) is 9.75 Å². The van der Waals surface area contributed by atoms with Crippen LogP contribution in [0.25, 0.3) is 10.6 Å². The van der Waals surface area contributed by atoms with Crippen molar-refractivity contribution in [3.05, 3.63) is 63.3 Å². The van der Waals surface area contributed by atoms with Crippen LogP contribution in [-0.4, -0.2) is 17.4 Å². The molecule has 0 fully saturated rings. The van der Waals surface area contributed by atoms with Crippen molar-refractivity contribution in [2.75, 3.05) is 6.54 Å². The summed E-state index contributed by atoms with van der Waals surface area (Å²) < 4.78 is 0. The first-order chi connectivity index (χ1) is 12.0. The Morgan fingerprint density at radius 1 is 1.24 bits per heavy atom. The third-order valence-corrected chi connectivity index (χ3v) is 5.98. The van der Waals surface area contributed by atoms with Crippen molar-refractivity contribution in [2.24, 2.45) is 5.73 Å². The van der Waals surface area contributed by atoms with Gasteiger partial charge >= 0.3 is 0 Å². The van der Waals surface area contributed by atoms with Gasteiger partial charge in [0.1, 0.15) is 5.54 Å². The number of carbonyl (C=O) groups excluding carboxylic acids is 1. The van der Waals surface area contributed by atoms with Crippen molar-refractivity contribution in [1.29, 1.82) is 0 Å². The van der Waals surface area contributed by atoms with Crippen LogP contribution in [0.1, 0.15) is 22.4 Å². The van der Waals surface area contributed by atoms with Gasteiger partial charge in [-0.1, -0.05) is 30.3 Å². The lowest BCUT2D eigenvalue weighted by Crippen LogP contribution is -2.49. The van der Waals surface area contributed by atoms with E-state index in [-0.39, 0.29) is 5.91 Å². The van der Waals surface area contributed by atoms with Crippen molar-refractivity contribution in [2.45, 2.75) is 25.8 Å². The number of hydrogen-bond acceptors (Lipinski definition) is 5. The maximum Gasteiger partial charge on any atom is 0.244 e. The van der Waals surface area contributed by atoms with Gasteiger partial charge in [-0.25, -0.2) is 4.98 Å². The van der Waals surface area contributed by atoms with E-state index < -0.39 is 5.54 Å². The van der Waals surface area contributed by atoms with Gasteiger partial charge < -0.3 is 11.1 Å². The van der Waals surface area contributed by atoms with Gasteiger partial charge in [0.2, 0.25) is 5.91 Å². The van der Waals surface area contributed by atoms with E-state index in [2.05, 4.69) is 27.8 Å². The molecule has 1 atom stereocenters. The van der Waals surface area contributed by atoms with Gasteiger partial charge in [0.05, 0.1) is 15.6 Å². The van der Waals surface area contributed by atoms with Crippen molar-refractivity contribution >= 4 is 28.6 Å². The summed E-state index contributed by atoms with van der Waals surface area (Å²) in [4.78, 5) is 19.3. The number of aryl methyl sites for hydroxylation is 1. The second kappa shape index (κ2) is 7.47. The molecule has 0 saturated carbocycles. The Bertz CT molecular complexity index is 852. The molecule has 0 aliphatic heterocycles. The molecule has 1 amide bonds. The number of thiazole rings is 1. The number of hydrogen-bond donors (Lipinski definition) is 2. The van der Waals surface area contributed by atoms with E-state index >= 15 is 0 Å². The minimum atomic E-state index is -1.03. The van der Waals surface area contributed by atoms with Gasteiger partial charge in [-0.05, 0) is 38.0 Å². The third-order valence-electron chi connectivity index (χ3n) is 4.04. The van der Waals surface area contributed by atoms with Crippen LogP contribution >= 0.6 is 22.7 Å². The van der Waals surface area contributed by atoms with Gasteiger partial charge in [0.25, 0.3) is 0 Å². The molecule has 2 aromatic heterocycles. The predicted octanol–water partition coefficient (Wildman–Crippen LogP) is 3.71. The van der Waals surface area contributed by atoms with E-state index in [0.717, 1.165) is 22.7 Å². The molecule has 1 aromatic carbocycles. The van der Waals surface area contributed by atoms with E-state index in [0.29, 0.717) is 6.54 Å². The average molecular weight is 372 g/mol. The lowest BCUT2D eigenvalue weighted by atomic mass is 9.92. The molecule has 4 nitrogen and oxygen atoms in total. The van der Waals surface area contributed by atoms with E-state index in [9.17, 15) is 4.79 Å². The Labute approximate surface area is 155 Å². The molecule has 0 aliphatic carbocycles. The highest BCUT2D eigenvalue weighted by Crippen LogP contribution is 2.29. The van der Waals surface area contributed by atoms with Gasteiger partial charge in [-0.3, -0.25) is 4.79 Å². The van der Waals surface area contributed by atoms with Crippen LogP contribution in [0.4, 0.5) is 0 Å². The van der Waals surface area contributed by atoms with E-state index in [4.69, 9.17) is 5.73 Å². The van der Waals surface area contributed by atoms with Gasteiger partial charge in [-0.2, -0.15) is 0 Å². The zero-order chi connectivity index (χ0) is 17.9. The van der Waals surface area contributed by atoms with Crippen LogP contribution < -0.4 is 11.1 Å². The quantitative estimate of drug-likeness (QED) is 0.694. The number of amides is 1. The van der Waals surface area contributed by atoms with Crippen LogP contribution in [-0.2, 0) is 16.8 Å². The topological polar surface area (TPSA) is 68.0 Å². The molecular formula is C19H21N3OS2. The molecule has 0 spiro atoms. The average Bonchev–Trinajstić information content (AvgIpc) is 3.24. The van der Waals surface area contributed by atoms with Crippen LogP contribution in [0.15, 0.2) is 47.8 Å². The number of rotatable bonds is 6. The Morgan fingerprint density at radius 2 is 2.00 bits per heavy atom. The number of nitrogens with two attached hydrogens (primary N) is 1. The Hall–Kier alpha value is -2.02. The molecule has 3 aromatic rings. The van der Waals surface area contributed by atoms with Gasteiger partial charge in [0, 0.05) is 16.8 Å². The van der Waals surface area contributed by atoms with E-state index in [1.54, 1.807) is 29.6 Å². The Morgan fingerprint density at radius 3 is 2.68 bits per heavy atom. The maximum atomic E-state index is 12.4. The van der Waals surface area contributed by atoms with Crippen LogP contribution in [0.3, 0.4) is 0 Å². The monoisotopic (exact) mass is 371 g/mol. The summed E-state index contributed by atoms with van der Waals surface area (Å²) >= 11 is 3.37. The Balaban J connectivity index is 1.56. The standard InChI is InChI=1S/C19H21N3OS2/c1-13-22-16(12-24-13)17-9-8-15(25-17)10-11-21-18(23)19(2,20)14-6-4-3-5-7-14/h3-9,12H,10-11,20H2,1-2H3,(H,21,23).